The highest BCUT2D eigenvalue weighted by Gasteiger charge is 2.15. The van der Waals surface area contributed by atoms with Crippen molar-refractivity contribution in [3.8, 4) is 0 Å². The highest BCUT2D eigenvalue weighted by atomic mass is 16.3. The largest absolute Gasteiger partial charge is 0.396 e. The normalized spacial score (nSPS) is 14.9. The average Bonchev–Trinajstić information content (AvgIpc) is 2.66. The van der Waals surface area contributed by atoms with Crippen molar-refractivity contribution in [2.24, 2.45) is 18.9 Å². The van der Waals surface area contributed by atoms with Gasteiger partial charge in [0.1, 0.15) is 0 Å². The van der Waals surface area contributed by atoms with Gasteiger partial charge in [-0.3, -0.25) is 4.68 Å². The van der Waals surface area contributed by atoms with E-state index in [1.54, 1.807) is 0 Å². The van der Waals surface area contributed by atoms with E-state index in [4.69, 9.17) is 5.11 Å². The van der Waals surface area contributed by atoms with E-state index < -0.39 is 0 Å². The average molecular weight is 267 g/mol. The lowest BCUT2D eigenvalue weighted by molar-refractivity contribution is 0.237. The van der Waals surface area contributed by atoms with Crippen molar-refractivity contribution in [3.05, 3.63) is 17.5 Å². The monoisotopic (exact) mass is 267 g/mol. The van der Waals surface area contributed by atoms with Gasteiger partial charge in [0.2, 0.25) is 0 Å². The van der Waals surface area contributed by atoms with Crippen LogP contribution >= 0.6 is 0 Å². The van der Waals surface area contributed by atoms with Crippen LogP contribution in [0.4, 0.5) is 0 Å². The second-order valence-corrected chi connectivity index (χ2v) is 5.95. The lowest BCUT2D eigenvalue weighted by Gasteiger charge is -2.21. The van der Waals surface area contributed by atoms with Gasteiger partial charge in [0.15, 0.2) is 0 Å². The van der Waals surface area contributed by atoms with Crippen LogP contribution in [0.1, 0.15) is 50.9 Å². The number of aliphatic hydroxyl groups excluding tert-OH is 1. The number of aliphatic hydroxyl groups is 1. The van der Waals surface area contributed by atoms with Gasteiger partial charge in [0.25, 0.3) is 0 Å². The fraction of sp³-hybridized carbons (Fsp3) is 0.800. The molecule has 1 aromatic heterocycles. The van der Waals surface area contributed by atoms with Gasteiger partial charge in [-0.15, -0.1) is 0 Å². The van der Waals surface area contributed by atoms with Crippen molar-refractivity contribution in [2.45, 2.75) is 46.6 Å². The predicted molar refractivity (Wildman–Crippen MR) is 79.0 cm³/mol. The van der Waals surface area contributed by atoms with Crippen LogP contribution in [0, 0.1) is 18.8 Å². The first-order chi connectivity index (χ1) is 8.95. The van der Waals surface area contributed by atoms with Crippen LogP contribution < -0.4 is 5.32 Å². The van der Waals surface area contributed by atoms with Gasteiger partial charge in [-0.25, -0.2) is 0 Å². The maximum Gasteiger partial charge on any atom is 0.0540 e. The molecule has 0 bridgehead atoms. The number of aromatic nitrogens is 2. The van der Waals surface area contributed by atoms with Crippen LogP contribution in [-0.4, -0.2) is 28.0 Å². The van der Waals surface area contributed by atoms with Gasteiger partial charge in [0, 0.05) is 31.0 Å². The van der Waals surface area contributed by atoms with Gasteiger partial charge < -0.3 is 10.4 Å². The van der Waals surface area contributed by atoms with E-state index in [-0.39, 0.29) is 6.61 Å². The molecule has 2 unspecified atom stereocenters. The molecule has 4 nitrogen and oxygen atoms in total. The van der Waals surface area contributed by atoms with E-state index in [0.29, 0.717) is 17.9 Å². The first kappa shape index (κ1) is 16.2. The Morgan fingerprint density at radius 2 is 2.05 bits per heavy atom. The Labute approximate surface area is 117 Å². The molecule has 0 aliphatic heterocycles. The molecular weight excluding hydrogens is 238 g/mol. The summed E-state index contributed by atoms with van der Waals surface area (Å²) in [5.41, 5.74) is 2.47. The maximum atomic E-state index is 9.14. The molecule has 0 saturated heterocycles. The Balaban J connectivity index is 2.51. The van der Waals surface area contributed by atoms with Crippen molar-refractivity contribution in [1.82, 2.24) is 15.1 Å². The van der Waals surface area contributed by atoms with Crippen LogP contribution in [0.15, 0.2) is 6.20 Å². The van der Waals surface area contributed by atoms with Crippen molar-refractivity contribution in [2.75, 3.05) is 13.2 Å². The first-order valence-corrected chi connectivity index (χ1v) is 7.28. The molecule has 0 fully saturated rings. The molecule has 0 aromatic carbocycles. The van der Waals surface area contributed by atoms with Crippen LogP contribution in [0.3, 0.4) is 0 Å². The van der Waals surface area contributed by atoms with E-state index >= 15 is 0 Å². The highest BCUT2D eigenvalue weighted by molar-refractivity contribution is 5.19. The number of nitrogens with one attached hydrogen (secondary N) is 1. The van der Waals surface area contributed by atoms with Gasteiger partial charge in [-0.2, -0.15) is 5.10 Å². The summed E-state index contributed by atoms with van der Waals surface area (Å²) in [5, 5.41) is 17.0. The Kier molecular flexibility index (Phi) is 6.52. The summed E-state index contributed by atoms with van der Waals surface area (Å²) in [6, 6.07) is 0.307. The summed E-state index contributed by atoms with van der Waals surface area (Å²) >= 11 is 0. The molecule has 0 aliphatic carbocycles. The Morgan fingerprint density at radius 1 is 1.37 bits per heavy atom. The zero-order valence-corrected chi connectivity index (χ0v) is 13.0. The van der Waals surface area contributed by atoms with E-state index in [2.05, 4.69) is 38.1 Å². The molecule has 0 radical (unpaired) electrons. The second-order valence-electron chi connectivity index (χ2n) is 5.95. The van der Waals surface area contributed by atoms with Crippen molar-refractivity contribution >= 4 is 0 Å². The minimum atomic E-state index is 0.277. The lowest BCUT2D eigenvalue weighted by atomic mass is 9.94. The van der Waals surface area contributed by atoms with Gasteiger partial charge in [0.05, 0.1) is 6.20 Å². The maximum absolute atomic E-state index is 9.14. The Hall–Kier alpha value is -0.870. The first-order valence-electron chi connectivity index (χ1n) is 7.28. The van der Waals surface area contributed by atoms with Gasteiger partial charge in [-0.1, -0.05) is 13.8 Å². The molecule has 19 heavy (non-hydrogen) atoms. The molecule has 1 heterocycles. The lowest BCUT2D eigenvalue weighted by Crippen LogP contribution is -2.27. The summed E-state index contributed by atoms with van der Waals surface area (Å²) in [6.45, 7) is 9.97. The van der Waals surface area contributed by atoms with E-state index in [0.717, 1.165) is 19.4 Å². The third-order valence-corrected chi connectivity index (χ3v) is 3.79. The molecule has 4 heteroatoms. The number of nitrogens with zero attached hydrogens (tertiary/aromatic N) is 2. The molecule has 1 rings (SSSR count). The molecular formula is C15H29N3O. The molecule has 1 aromatic rings. The zero-order chi connectivity index (χ0) is 14.4. The topological polar surface area (TPSA) is 50.1 Å². The second kappa shape index (κ2) is 7.65. The molecule has 0 saturated carbocycles. The van der Waals surface area contributed by atoms with E-state index in [9.17, 15) is 0 Å². The van der Waals surface area contributed by atoms with E-state index in [1.165, 1.54) is 11.3 Å². The third-order valence-electron chi connectivity index (χ3n) is 3.79. The van der Waals surface area contributed by atoms with Crippen molar-refractivity contribution in [3.63, 3.8) is 0 Å². The molecule has 2 N–H and O–H groups in total. The third kappa shape index (κ3) is 4.96. The summed E-state index contributed by atoms with van der Waals surface area (Å²) in [4.78, 5) is 0. The predicted octanol–water partition coefficient (Wildman–Crippen LogP) is 2.42. The summed E-state index contributed by atoms with van der Waals surface area (Å²) in [5.74, 6) is 1.22. The molecule has 110 valence electrons. The number of aryl methyl sites for hydroxylation is 1. The quantitative estimate of drug-likeness (QED) is 0.760. The molecule has 0 amide bonds. The Morgan fingerprint density at radius 3 is 2.53 bits per heavy atom. The number of rotatable bonds is 8. The van der Waals surface area contributed by atoms with Gasteiger partial charge in [-0.05, 0) is 45.1 Å². The minimum absolute atomic E-state index is 0.277. The molecule has 2 atom stereocenters. The smallest absolute Gasteiger partial charge is 0.0540 e. The summed E-state index contributed by atoms with van der Waals surface area (Å²) < 4.78 is 1.91. The van der Waals surface area contributed by atoms with Crippen LogP contribution in [0.2, 0.25) is 0 Å². The van der Waals surface area contributed by atoms with Crippen LogP contribution in [0.5, 0.6) is 0 Å². The van der Waals surface area contributed by atoms with E-state index in [1.807, 2.05) is 17.9 Å². The molecule has 0 aliphatic rings. The zero-order valence-electron chi connectivity index (χ0n) is 13.0. The van der Waals surface area contributed by atoms with Crippen molar-refractivity contribution in [1.29, 1.82) is 0 Å². The fourth-order valence-corrected chi connectivity index (χ4v) is 2.55. The van der Waals surface area contributed by atoms with Crippen LogP contribution in [0.25, 0.3) is 0 Å². The highest BCUT2D eigenvalue weighted by Crippen LogP contribution is 2.19. The minimum Gasteiger partial charge on any atom is -0.396 e. The Bertz CT molecular complexity index is 373. The SMILES string of the molecule is Cc1c(C(C)NCC(CCO)CC(C)C)cnn1C. The molecule has 0 spiro atoms. The summed E-state index contributed by atoms with van der Waals surface area (Å²) in [7, 11) is 1.97. The summed E-state index contributed by atoms with van der Waals surface area (Å²) in [6.07, 6.45) is 3.98. The van der Waals surface area contributed by atoms with Crippen LogP contribution in [-0.2, 0) is 7.05 Å². The standard InChI is InChI=1S/C15H29N3O/c1-11(2)8-14(6-7-19)9-16-12(3)15-10-17-18(5)13(15)4/h10-12,14,16,19H,6-9H2,1-5H3. The number of hydrogen-bond donors (Lipinski definition) is 2. The number of hydrogen-bond acceptors (Lipinski definition) is 3. The fourth-order valence-electron chi connectivity index (χ4n) is 2.55. The van der Waals surface area contributed by atoms with Gasteiger partial charge >= 0.3 is 0 Å². The van der Waals surface area contributed by atoms with Crippen molar-refractivity contribution < 1.29 is 5.11 Å².